The molecule has 0 radical (unpaired) electrons. The zero-order valence-electron chi connectivity index (χ0n) is 10.8. The molecule has 1 amide bonds. The monoisotopic (exact) mass is 330 g/mol. The topological polar surface area (TPSA) is 46.3 Å². The average Bonchev–Trinajstić information content (AvgIpc) is 2.82. The molecule has 1 saturated heterocycles. The van der Waals surface area contributed by atoms with Gasteiger partial charge in [-0.15, -0.1) is 11.3 Å². The molecular weight excluding hydrogens is 312 g/mol. The number of aryl methyl sites for hydroxylation is 1. The van der Waals surface area contributed by atoms with Gasteiger partial charge in [-0.05, 0) is 48.7 Å². The Balaban J connectivity index is 1.93. The molecule has 1 atom stereocenters. The summed E-state index contributed by atoms with van der Waals surface area (Å²) in [6.45, 7) is 4.91. The average molecular weight is 331 g/mol. The van der Waals surface area contributed by atoms with Gasteiger partial charge in [-0.25, -0.2) is 0 Å². The highest BCUT2D eigenvalue weighted by molar-refractivity contribution is 9.10. The minimum atomic E-state index is -0.201. The van der Waals surface area contributed by atoms with E-state index in [1.165, 1.54) is 4.88 Å². The standard InChI is InChI=1S/C13H19BrN2OS/c1-13(2)11(15)5-6-16(13)12(17)4-3-10-7-9(14)8-18-10/h7-8,11H,3-6,15H2,1-2H3. The molecule has 2 heterocycles. The molecule has 0 saturated carbocycles. The van der Waals surface area contributed by atoms with Gasteiger partial charge in [0.2, 0.25) is 5.91 Å². The summed E-state index contributed by atoms with van der Waals surface area (Å²) in [6, 6.07) is 2.18. The Bertz CT molecular complexity index is 444. The third kappa shape index (κ3) is 2.78. The van der Waals surface area contributed by atoms with E-state index in [0.717, 1.165) is 23.9 Å². The molecule has 2 N–H and O–H groups in total. The molecule has 1 aliphatic rings. The SMILES string of the molecule is CC1(C)C(N)CCN1C(=O)CCc1cc(Br)cs1. The summed E-state index contributed by atoms with van der Waals surface area (Å²) in [7, 11) is 0. The lowest BCUT2D eigenvalue weighted by Crippen LogP contribution is -2.51. The molecule has 100 valence electrons. The number of halogens is 1. The lowest BCUT2D eigenvalue weighted by atomic mass is 9.96. The van der Waals surface area contributed by atoms with Crippen molar-refractivity contribution in [3.63, 3.8) is 0 Å². The van der Waals surface area contributed by atoms with Crippen molar-refractivity contribution in [1.29, 1.82) is 0 Å². The van der Waals surface area contributed by atoms with E-state index in [4.69, 9.17) is 5.73 Å². The molecule has 1 aromatic rings. The van der Waals surface area contributed by atoms with Crippen molar-refractivity contribution in [3.05, 3.63) is 20.8 Å². The van der Waals surface area contributed by atoms with Crippen LogP contribution in [0.1, 0.15) is 31.6 Å². The normalized spacial score (nSPS) is 22.4. The lowest BCUT2D eigenvalue weighted by molar-refractivity contribution is -0.134. The number of carbonyl (C=O) groups is 1. The van der Waals surface area contributed by atoms with Crippen LogP contribution in [0.2, 0.25) is 0 Å². The Morgan fingerprint density at radius 3 is 2.89 bits per heavy atom. The van der Waals surface area contributed by atoms with E-state index in [1.807, 2.05) is 4.90 Å². The van der Waals surface area contributed by atoms with E-state index in [-0.39, 0.29) is 17.5 Å². The van der Waals surface area contributed by atoms with Gasteiger partial charge in [0.1, 0.15) is 0 Å². The first kappa shape index (κ1) is 14.0. The summed E-state index contributed by atoms with van der Waals surface area (Å²) < 4.78 is 1.10. The van der Waals surface area contributed by atoms with E-state index in [9.17, 15) is 4.79 Å². The first-order valence-corrected chi connectivity index (χ1v) is 7.87. The van der Waals surface area contributed by atoms with E-state index in [0.29, 0.717) is 6.42 Å². The fraction of sp³-hybridized carbons (Fsp3) is 0.615. The molecule has 1 fully saturated rings. The molecule has 3 nitrogen and oxygen atoms in total. The third-order valence-electron chi connectivity index (χ3n) is 3.77. The molecule has 0 bridgehead atoms. The van der Waals surface area contributed by atoms with Gasteiger partial charge in [0.15, 0.2) is 0 Å². The van der Waals surface area contributed by atoms with Gasteiger partial charge in [0.25, 0.3) is 0 Å². The third-order valence-corrected chi connectivity index (χ3v) is 5.53. The predicted molar refractivity (Wildman–Crippen MR) is 78.7 cm³/mol. The molecule has 1 unspecified atom stereocenters. The number of hydrogen-bond donors (Lipinski definition) is 1. The maximum atomic E-state index is 12.2. The highest BCUT2D eigenvalue weighted by atomic mass is 79.9. The number of nitrogens with two attached hydrogens (primary N) is 1. The van der Waals surface area contributed by atoms with Crippen molar-refractivity contribution in [2.45, 2.75) is 44.7 Å². The van der Waals surface area contributed by atoms with Crippen LogP contribution in [0, 0.1) is 0 Å². The molecule has 2 rings (SSSR count). The van der Waals surface area contributed by atoms with Gasteiger partial charge in [-0.1, -0.05) is 0 Å². The number of amides is 1. The number of thiophene rings is 1. The van der Waals surface area contributed by atoms with Crippen molar-refractivity contribution < 1.29 is 4.79 Å². The highest BCUT2D eigenvalue weighted by Gasteiger charge is 2.41. The van der Waals surface area contributed by atoms with Crippen LogP contribution in [0.25, 0.3) is 0 Å². The maximum Gasteiger partial charge on any atom is 0.223 e. The summed E-state index contributed by atoms with van der Waals surface area (Å²) in [5.74, 6) is 0.220. The summed E-state index contributed by atoms with van der Waals surface area (Å²) in [5.41, 5.74) is 5.85. The summed E-state index contributed by atoms with van der Waals surface area (Å²) >= 11 is 5.12. The number of hydrogen-bond acceptors (Lipinski definition) is 3. The Labute approximate surface area is 120 Å². The van der Waals surface area contributed by atoms with Gasteiger partial charge in [-0.2, -0.15) is 0 Å². The Morgan fingerprint density at radius 2 is 2.39 bits per heavy atom. The first-order valence-electron chi connectivity index (χ1n) is 6.20. The van der Waals surface area contributed by atoms with Crippen molar-refractivity contribution in [1.82, 2.24) is 4.90 Å². The predicted octanol–water partition coefficient (Wildman–Crippen LogP) is 2.78. The fourth-order valence-corrected chi connectivity index (χ4v) is 3.86. The van der Waals surface area contributed by atoms with Crippen molar-refractivity contribution in [2.24, 2.45) is 5.73 Å². The molecular formula is C13H19BrN2OS. The van der Waals surface area contributed by atoms with Crippen LogP contribution in [0.4, 0.5) is 0 Å². The second-order valence-electron chi connectivity index (χ2n) is 5.33. The Kier molecular flexibility index (Phi) is 4.14. The number of nitrogens with zero attached hydrogens (tertiary/aromatic N) is 1. The van der Waals surface area contributed by atoms with E-state index >= 15 is 0 Å². The zero-order valence-corrected chi connectivity index (χ0v) is 13.2. The maximum absolute atomic E-state index is 12.2. The van der Waals surface area contributed by atoms with Crippen LogP contribution in [-0.2, 0) is 11.2 Å². The van der Waals surface area contributed by atoms with Gasteiger partial charge < -0.3 is 10.6 Å². The molecule has 0 aromatic carbocycles. The fourth-order valence-electron chi connectivity index (χ4n) is 2.41. The van der Waals surface area contributed by atoms with Gasteiger partial charge in [0, 0.05) is 33.7 Å². The smallest absolute Gasteiger partial charge is 0.223 e. The van der Waals surface area contributed by atoms with E-state index in [2.05, 4.69) is 41.2 Å². The molecule has 1 aliphatic heterocycles. The largest absolute Gasteiger partial charge is 0.336 e. The molecule has 5 heteroatoms. The molecule has 0 aliphatic carbocycles. The second kappa shape index (κ2) is 5.31. The van der Waals surface area contributed by atoms with Gasteiger partial charge >= 0.3 is 0 Å². The summed E-state index contributed by atoms with van der Waals surface area (Å²) in [5, 5.41) is 2.05. The Morgan fingerprint density at radius 1 is 1.67 bits per heavy atom. The zero-order chi connectivity index (χ0) is 13.3. The highest BCUT2D eigenvalue weighted by Crippen LogP contribution is 2.29. The number of carbonyl (C=O) groups excluding carboxylic acids is 1. The van der Waals surface area contributed by atoms with Crippen LogP contribution in [0.15, 0.2) is 15.9 Å². The minimum Gasteiger partial charge on any atom is -0.336 e. The number of likely N-dealkylation sites (tertiary alicyclic amines) is 1. The van der Waals surface area contributed by atoms with Crippen molar-refractivity contribution in [2.75, 3.05) is 6.54 Å². The van der Waals surface area contributed by atoms with Gasteiger partial charge in [-0.3, -0.25) is 4.79 Å². The second-order valence-corrected chi connectivity index (χ2v) is 7.24. The molecule has 0 spiro atoms. The lowest BCUT2D eigenvalue weighted by Gasteiger charge is -2.34. The molecule has 18 heavy (non-hydrogen) atoms. The van der Waals surface area contributed by atoms with Crippen LogP contribution in [0.3, 0.4) is 0 Å². The Hall–Kier alpha value is -0.390. The number of rotatable bonds is 3. The van der Waals surface area contributed by atoms with E-state index in [1.54, 1.807) is 11.3 Å². The van der Waals surface area contributed by atoms with Crippen LogP contribution >= 0.6 is 27.3 Å². The van der Waals surface area contributed by atoms with Crippen molar-refractivity contribution >= 4 is 33.2 Å². The minimum absolute atomic E-state index is 0.0948. The summed E-state index contributed by atoms with van der Waals surface area (Å²) in [4.78, 5) is 15.4. The van der Waals surface area contributed by atoms with Crippen LogP contribution < -0.4 is 5.73 Å². The van der Waals surface area contributed by atoms with Crippen LogP contribution in [0.5, 0.6) is 0 Å². The first-order chi connectivity index (χ1) is 8.41. The van der Waals surface area contributed by atoms with Crippen molar-refractivity contribution in [3.8, 4) is 0 Å². The van der Waals surface area contributed by atoms with Gasteiger partial charge in [0.05, 0.1) is 5.54 Å². The summed E-state index contributed by atoms with van der Waals surface area (Å²) in [6.07, 6.45) is 2.29. The van der Waals surface area contributed by atoms with Crippen LogP contribution in [-0.4, -0.2) is 28.9 Å². The molecule has 1 aromatic heterocycles. The quantitative estimate of drug-likeness (QED) is 0.926. The van der Waals surface area contributed by atoms with E-state index < -0.39 is 0 Å².